The Bertz CT molecular complexity index is 540. The molecule has 0 bridgehead atoms. The summed E-state index contributed by atoms with van der Waals surface area (Å²) < 4.78 is 1.90. The summed E-state index contributed by atoms with van der Waals surface area (Å²) in [6.45, 7) is 7.35. The number of aromatic nitrogens is 3. The maximum atomic E-state index is 4.61. The molecule has 0 saturated carbocycles. The minimum absolute atomic E-state index is 0.593. The number of anilines is 1. The molecule has 2 aromatic rings. The predicted molar refractivity (Wildman–Crippen MR) is 82.9 cm³/mol. The third-order valence-electron chi connectivity index (χ3n) is 3.22. The molecule has 1 aromatic heterocycles. The van der Waals surface area contributed by atoms with Gasteiger partial charge in [0.25, 0.3) is 0 Å². The molecule has 0 fully saturated rings. The number of aryl methyl sites for hydroxylation is 2. The Morgan fingerprint density at radius 3 is 2.55 bits per heavy atom. The Morgan fingerprint density at radius 1 is 1.20 bits per heavy atom. The van der Waals surface area contributed by atoms with Gasteiger partial charge in [-0.05, 0) is 25.0 Å². The van der Waals surface area contributed by atoms with Gasteiger partial charge in [0.05, 0.1) is 0 Å². The van der Waals surface area contributed by atoms with Crippen molar-refractivity contribution in [2.24, 2.45) is 13.0 Å². The van der Waals surface area contributed by atoms with E-state index >= 15 is 0 Å². The van der Waals surface area contributed by atoms with E-state index in [-0.39, 0.29) is 0 Å². The van der Waals surface area contributed by atoms with Gasteiger partial charge in [-0.3, -0.25) is 4.68 Å². The highest BCUT2D eigenvalue weighted by Gasteiger charge is 2.08. The average Bonchev–Trinajstić information content (AvgIpc) is 2.71. The fourth-order valence-electron chi connectivity index (χ4n) is 2.13. The number of benzene rings is 1. The molecule has 2 rings (SSSR count). The molecule has 0 amide bonds. The molecule has 1 aromatic carbocycles. The highest BCUT2D eigenvalue weighted by Crippen LogP contribution is 2.09. The second kappa shape index (κ2) is 6.55. The van der Waals surface area contributed by atoms with Gasteiger partial charge in [-0.15, -0.1) is 0 Å². The van der Waals surface area contributed by atoms with Gasteiger partial charge in [0, 0.05) is 32.1 Å². The van der Waals surface area contributed by atoms with E-state index in [1.807, 2.05) is 11.7 Å². The Morgan fingerprint density at radius 2 is 1.90 bits per heavy atom. The summed E-state index contributed by atoms with van der Waals surface area (Å²) in [4.78, 5) is 4.61. The van der Waals surface area contributed by atoms with E-state index in [2.05, 4.69) is 60.4 Å². The summed E-state index contributed by atoms with van der Waals surface area (Å²) in [7, 11) is 1.97. The lowest BCUT2D eigenvalue weighted by atomic mass is 10.1. The normalized spacial score (nSPS) is 11.1. The molecule has 0 spiro atoms. The number of rotatable bonds is 6. The molecule has 0 aliphatic heterocycles. The van der Waals surface area contributed by atoms with Gasteiger partial charge in [-0.25, -0.2) is 4.98 Å². The summed E-state index contributed by atoms with van der Waals surface area (Å²) in [6.07, 6.45) is 1.83. The highest BCUT2D eigenvalue weighted by atomic mass is 15.3. The van der Waals surface area contributed by atoms with Crippen LogP contribution in [0.5, 0.6) is 0 Å². The van der Waals surface area contributed by atoms with Crippen LogP contribution in [0, 0.1) is 12.8 Å². The first-order valence-electron chi connectivity index (χ1n) is 7.24. The third-order valence-corrected chi connectivity index (χ3v) is 3.22. The number of hydrogen-bond acceptors (Lipinski definition) is 3. The largest absolute Gasteiger partial charge is 0.385 e. The first kappa shape index (κ1) is 14.6. The molecule has 1 N–H and O–H groups in total. The number of hydrogen-bond donors (Lipinski definition) is 1. The van der Waals surface area contributed by atoms with E-state index in [4.69, 9.17) is 0 Å². The molecule has 4 nitrogen and oxygen atoms in total. The van der Waals surface area contributed by atoms with Crippen LogP contribution in [-0.2, 0) is 19.9 Å². The van der Waals surface area contributed by atoms with Crippen molar-refractivity contribution in [3.63, 3.8) is 0 Å². The second-order valence-electron chi connectivity index (χ2n) is 5.71. The maximum Gasteiger partial charge on any atom is 0.151 e. The molecule has 0 unspecified atom stereocenters. The van der Waals surface area contributed by atoms with Crippen LogP contribution in [0.25, 0.3) is 0 Å². The average molecular weight is 272 g/mol. The quantitative estimate of drug-likeness (QED) is 0.879. The summed E-state index contributed by atoms with van der Waals surface area (Å²) in [6, 6.07) is 8.45. The van der Waals surface area contributed by atoms with E-state index in [0.29, 0.717) is 5.92 Å². The van der Waals surface area contributed by atoms with E-state index in [1.165, 1.54) is 5.56 Å². The van der Waals surface area contributed by atoms with Crippen LogP contribution in [0.4, 0.5) is 5.69 Å². The van der Waals surface area contributed by atoms with Gasteiger partial charge in [0.15, 0.2) is 5.82 Å². The van der Waals surface area contributed by atoms with Gasteiger partial charge in [-0.1, -0.05) is 31.5 Å². The van der Waals surface area contributed by atoms with Crippen molar-refractivity contribution in [1.82, 2.24) is 14.8 Å². The first-order chi connectivity index (χ1) is 9.54. The van der Waals surface area contributed by atoms with Crippen LogP contribution >= 0.6 is 0 Å². The number of nitrogens with zero attached hydrogens (tertiary/aromatic N) is 3. The van der Waals surface area contributed by atoms with Gasteiger partial charge < -0.3 is 5.32 Å². The zero-order valence-corrected chi connectivity index (χ0v) is 12.8. The van der Waals surface area contributed by atoms with Crippen molar-refractivity contribution in [3.05, 3.63) is 41.5 Å². The van der Waals surface area contributed by atoms with Crippen LogP contribution < -0.4 is 5.32 Å². The summed E-state index contributed by atoms with van der Waals surface area (Å²) in [5.41, 5.74) is 2.43. The van der Waals surface area contributed by atoms with Crippen molar-refractivity contribution in [3.8, 4) is 0 Å². The molecule has 0 aliphatic rings. The van der Waals surface area contributed by atoms with Crippen LogP contribution in [0.1, 0.15) is 31.1 Å². The van der Waals surface area contributed by atoms with E-state index in [1.54, 1.807) is 0 Å². The lowest BCUT2D eigenvalue weighted by Crippen LogP contribution is -2.09. The van der Waals surface area contributed by atoms with Gasteiger partial charge >= 0.3 is 0 Å². The van der Waals surface area contributed by atoms with Crippen molar-refractivity contribution in [2.45, 2.75) is 33.6 Å². The molecule has 20 heavy (non-hydrogen) atoms. The zero-order chi connectivity index (χ0) is 14.5. The lowest BCUT2D eigenvalue weighted by molar-refractivity contribution is 0.612. The minimum atomic E-state index is 0.593. The molecule has 0 radical (unpaired) electrons. The van der Waals surface area contributed by atoms with E-state index < -0.39 is 0 Å². The fourth-order valence-corrected chi connectivity index (χ4v) is 2.13. The van der Waals surface area contributed by atoms with Crippen molar-refractivity contribution in [1.29, 1.82) is 0 Å². The van der Waals surface area contributed by atoms with Gasteiger partial charge in [-0.2, -0.15) is 5.10 Å². The predicted octanol–water partition coefficient (Wildman–Crippen LogP) is 2.98. The third kappa shape index (κ3) is 4.08. The Labute approximate surface area is 121 Å². The van der Waals surface area contributed by atoms with Crippen LogP contribution in [-0.4, -0.2) is 21.3 Å². The van der Waals surface area contributed by atoms with E-state index in [0.717, 1.165) is 36.7 Å². The standard InChI is InChI=1S/C16H24N4/c1-12(2)11-15-18-16(20(4)19-15)9-10-17-14-7-5-13(3)6-8-14/h5-8,12,17H,9-11H2,1-4H3. The molecule has 4 heteroatoms. The van der Waals surface area contributed by atoms with Crippen LogP contribution in [0.3, 0.4) is 0 Å². The monoisotopic (exact) mass is 272 g/mol. The van der Waals surface area contributed by atoms with Crippen molar-refractivity contribution < 1.29 is 0 Å². The lowest BCUT2D eigenvalue weighted by Gasteiger charge is -2.06. The number of nitrogens with one attached hydrogen (secondary N) is 1. The van der Waals surface area contributed by atoms with Gasteiger partial charge in [0.2, 0.25) is 0 Å². The topological polar surface area (TPSA) is 42.7 Å². The minimum Gasteiger partial charge on any atom is -0.385 e. The molecule has 0 aliphatic carbocycles. The molecule has 0 atom stereocenters. The van der Waals surface area contributed by atoms with Crippen molar-refractivity contribution in [2.75, 3.05) is 11.9 Å². The molecule has 1 heterocycles. The Balaban J connectivity index is 1.87. The van der Waals surface area contributed by atoms with Crippen LogP contribution in [0.15, 0.2) is 24.3 Å². The molecular formula is C16H24N4. The first-order valence-corrected chi connectivity index (χ1v) is 7.24. The van der Waals surface area contributed by atoms with E-state index in [9.17, 15) is 0 Å². The molecule has 108 valence electrons. The highest BCUT2D eigenvalue weighted by molar-refractivity contribution is 5.44. The summed E-state index contributed by atoms with van der Waals surface area (Å²) >= 11 is 0. The zero-order valence-electron chi connectivity index (χ0n) is 12.8. The fraction of sp³-hybridized carbons (Fsp3) is 0.500. The smallest absolute Gasteiger partial charge is 0.151 e. The summed E-state index contributed by atoms with van der Waals surface area (Å²) in [5.74, 6) is 2.59. The Kier molecular flexibility index (Phi) is 4.77. The molecule has 0 saturated heterocycles. The Hall–Kier alpha value is -1.84. The molecular weight excluding hydrogens is 248 g/mol. The summed E-state index contributed by atoms with van der Waals surface area (Å²) in [5, 5.41) is 7.88. The maximum absolute atomic E-state index is 4.61. The SMILES string of the molecule is Cc1ccc(NCCc2nc(CC(C)C)nn2C)cc1. The van der Waals surface area contributed by atoms with Crippen molar-refractivity contribution >= 4 is 5.69 Å². The van der Waals surface area contributed by atoms with Gasteiger partial charge in [0.1, 0.15) is 5.82 Å². The van der Waals surface area contributed by atoms with Crippen LogP contribution in [0.2, 0.25) is 0 Å². The second-order valence-corrected chi connectivity index (χ2v) is 5.71.